The molecule has 0 bridgehead atoms. The third kappa shape index (κ3) is 4.11. The lowest BCUT2D eigenvalue weighted by atomic mass is 9.90. The van der Waals surface area contributed by atoms with Crippen LogP contribution in [0.4, 0.5) is 0 Å². The Morgan fingerprint density at radius 2 is 1.77 bits per heavy atom. The van der Waals surface area contributed by atoms with E-state index < -0.39 is 6.10 Å². The highest BCUT2D eigenvalue weighted by Crippen LogP contribution is 2.31. The first kappa shape index (κ1) is 17.2. The van der Waals surface area contributed by atoms with E-state index in [1.165, 1.54) is 0 Å². The summed E-state index contributed by atoms with van der Waals surface area (Å²) >= 11 is 0. The van der Waals surface area contributed by atoms with Crippen LogP contribution in [0.5, 0.6) is 17.2 Å². The van der Waals surface area contributed by atoms with Gasteiger partial charge in [-0.05, 0) is 43.5 Å². The largest absolute Gasteiger partial charge is 0.488 e. The van der Waals surface area contributed by atoms with Crippen LogP contribution in [0, 0.1) is 0 Å². The van der Waals surface area contributed by atoms with Gasteiger partial charge in [0.25, 0.3) is 0 Å². The highest BCUT2D eigenvalue weighted by Gasteiger charge is 2.31. The molecule has 26 heavy (non-hydrogen) atoms. The van der Waals surface area contributed by atoms with Crippen molar-refractivity contribution in [1.82, 2.24) is 5.32 Å². The van der Waals surface area contributed by atoms with Gasteiger partial charge >= 0.3 is 0 Å². The van der Waals surface area contributed by atoms with Crippen molar-refractivity contribution in [3.63, 3.8) is 0 Å². The summed E-state index contributed by atoms with van der Waals surface area (Å²) in [4.78, 5) is 0. The van der Waals surface area contributed by atoms with Gasteiger partial charge in [0.1, 0.15) is 24.6 Å². The summed E-state index contributed by atoms with van der Waals surface area (Å²) in [6.45, 7) is 1.25. The molecular formula is C21H25NO4. The molecule has 4 rings (SSSR count). The molecule has 0 spiro atoms. The number of nitrogens with one attached hydrogen (secondary N) is 1. The molecule has 2 aliphatic rings. The molecule has 2 N–H and O–H groups in total. The summed E-state index contributed by atoms with van der Waals surface area (Å²) < 4.78 is 17.6. The van der Waals surface area contributed by atoms with E-state index in [-0.39, 0.29) is 18.2 Å². The van der Waals surface area contributed by atoms with Crippen LogP contribution in [0.25, 0.3) is 0 Å². The average Bonchev–Trinajstić information content (AvgIpc) is 2.69. The lowest BCUT2D eigenvalue weighted by Gasteiger charge is -2.35. The number of rotatable bonds is 5. The van der Waals surface area contributed by atoms with Gasteiger partial charge in [0.05, 0.1) is 6.10 Å². The van der Waals surface area contributed by atoms with E-state index in [9.17, 15) is 5.11 Å². The van der Waals surface area contributed by atoms with Crippen LogP contribution in [-0.2, 0) is 0 Å². The fourth-order valence-electron chi connectivity index (χ4n) is 3.58. The van der Waals surface area contributed by atoms with Gasteiger partial charge in [-0.1, -0.05) is 30.3 Å². The van der Waals surface area contributed by atoms with Gasteiger partial charge in [0.15, 0.2) is 11.5 Å². The van der Waals surface area contributed by atoms with Crippen LogP contribution in [0.15, 0.2) is 54.6 Å². The minimum absolute atomic E-state index is 0.0136. The molecule has 1 fully saturated rings. The second-order valence-corrected chi connectivity index (χ2v) is 6.95. The predicted octanol–water partition coefficient (Wildman–Crippen LogP) is 2.78. The van der Waals surface area contributed by atoms with Crippen LogP contribution in [0.1, 0.15) is 19.3 Å². The van der Waals surface area contributed by atoms with Crippen LogP contribution in [0.2, 0.25) is 0 Å². The first-order valence-electron chi connectivity index (χ1n) is 9.29. The molecule has 138 valence electrons. The number of ether oxygens (including phenoxy) is 3. The smallest absolute Gasteiger partial charge is 0.161 e. The highest BCUT2D eigenvalue weighted by molar-refractivity contribution is 5.40. The SMILES string of the molecule is O[C@H]1C[C@@H](NC[C@H]2COc3ccccc3O2)CC[C@@H]1Oc1ccccc1. The fraction of sp³-hybridized carbons (Fsp3) is 0.429. The van der Waals surface area contributed by atoms with E-state index in [0.717, 1.165) is 30.1 Å². The number of aliphatic hydroxyl groups is 1. The minimum atomic E-state index is -0.467. The summed E-state index contributed by atoms with van der Waals surface area (Å²) in [5.74, 6) is 2.41. The Labute approximate surface area is 153 Å². The lowest BCUT2D eigenvalue weighted by Crippen LogP contribution is -2.48. The maximum atomic E-state index is 10.4. The number of para-hydroxylation sites is 3. The number of hydrogen-bond acceptors (Lipinski definition) is 5. The minimum Gasteiger partial charge on any atom is -0.488 e. The molecule has 0 radical (unpaired) electrons. The van der Waals surface area contributed by atoms with Crippen molar-refractivity contribution in [2.45, 2.75) is 43.6 Å². The quantitative estimate of drug-likeness (QED) is 0.864. The van der Waals surface area contributed by atoms with E-state index in [1.807, 2.05) is 54.6 Å². The van der Waals surface area contributed by atoms with Crippen molar-refractivity contribution in [2.24, 2.45) is 0 Å². The van der Waals surface area contributed by atoms with E-state index in [0.29, 0.717) is 19.6 Å². The van der Waals surface area contributed by atoms with E-state index in [1.54, 1.807) is 0 Å². The normalized spacial score (nSPS) is 27.7. The van der Waals surface area contributed by atoms with Crippen LogP contribution < -0.4 is 19.5 Å². The van der Waals surface area contributed by atoms with Crippen molar-refractivity contribution in [1.29, 1.82) is 0 Å². The van der Waals surface area contributed by atoms with Crippen molar-refractivity contribution in [2.75, 3.05) is 13.2 Å². The Balaban J connectivity index is 1.24. The molecule has 5 nitrogen and oxygen atoms in total. The van der Waals surface area contributed by atoms with Gasteiger partial charge in [-0.3, -0.25) is 0 Å². The molecule has 2 aromatic carbocycles. The van der Waals surface area contributed by atoms with Gasteiger partial charge in [0, 0.05) is 12.6 Å². The maximum Gasteiger partial charge on any atom is 0.161 e. The van der Waals surface area contributed by atoms with Gasteiger partial charge in [-0.15, -0.1) is 0 Å². The molecule has 4 atom stereocenters. The van der Waals surface area contributed by atoms with Crippen molar-refractivity contribution >= 4 is 0 Å². The van der Waals surface area contributed by atoms with Gasteiger partial charge in [-0.2, -0.15) is 0 Å². The molecule has 1 aliphatic heterocycles. The summed E-state index contributed by atoms with van der Waals surface area (Å²) in [5.41, 5.74) is 0. The molecule has 2 aromatic rings. The molecule has 0 amide bonds. The van der Waals surface area contributed by atoms with Gasteiger partial charge in [0.2, 0.25) is 0 Å². The third-order valence-electron chi connectivity index (χ3n) is 4.99. The predicted molar refractivity (Wildman–Crippen MR) is 98.9 cm³/mol. The molecule has 0 saturated heterocycles. The number of hydrogen-bond donors (Lipinski definition) is 2. The Kier molecular flexibility index (Phi) is 5.27. The van der Waals surface area contributed by atoms with Crippen LogP contribution >= 0.6 is 0 Å². The summed E-state index contributed by atoms with van der Waals surface area (Å²) in [6.07, 6.45) is 1.86. The Hall–Kier alpha value is -2.24. The summed E-state index contributed by atoms with van der Waals surface area (Å²) in [6, 6.07) is 17.7. The molecule has 1 heterocycles. The van der Waals surface area contributed by atoms with E-state index in [2.05, 4.69) is 5.32 Å². The standard InChI is InChI=1S/C21H25NO4/c23-18-12-15(10-11-19(18)25-16-6-2-1-3-7-16)22-13-17-14-24-20-8-4-5-9-21(20)26-17/h1-9,15,17-19,22-23H,10-14H2/t15-,17-,18-,19-/m0/s1. The maximum absolute atomic E-state index is 10.4. The second kappa shape index (κ2) is 7.98. The van der Waals surface area contributed by atoms with Crippen LogP contribution in [0.3, 0.4) is 0 Å². The molecule has 0 aromatic heterocycles. The van der Waals surface area contributed by atoms with Gasteiger partial charge < -0.3 is 24.6 Å². The van der Waals surface area contributed by atoms with Crippen molar-refractivity contribution in [3.05, 3.63) is 54.6 Å². The monoisotopic (exact) mass is 355 g/mol. The molecule has 1 saturated carbocycles. The third-order valence-corrected chi connectivity index (χ3v) is 4.99. The Morgan fingerprint density at radius 1 is 1.00 bits per heavy atom. The lowest BCUT2D eigenvalue weighted by molar-refractivity contribution is -0.00542. The summed E-state index contributed by atoms with van der Waals surface area (Å²) in [7, 11) is 0. The number of aliphatic hydroxyl groups excluding tert-OH is 1. The van der Waals surface area contributed by atoms with E-state index in [4.69, 9.17) is 14.2 Å². The molecule has 5 heteroatoms. The fourth-order valence-corrected chi connectivity index (χ4v) is 3.58. The summed E-state index contributed by atoms with van der Waals surface area (Å²) in [5, 5.41) is 14.0. The number of fused-ring (bicyclic) bond motifs is 1. The van der Waals surface area contributed by atoms with Crippen LogP contribution in [-0.4, -0.2) is 42.6 Å². The first-order chi connectivity index (χ1) is 12.8. The molecular weight excluding hydrogens is 330 g/mol. The average molecular weight is 355 g/mol. The topological polar surface area (TPSA) is 60.0 Å². The molecule has 1 aliphatic carbocycles. The zero-order valence-corrected chi connectivity index (χ0v) is 14.7. The Bertz CT molecular complexity index is 708. The van der Waals surface area contributed by atoms with Crippen molar-refractivity contribution < 1.29 is 19.3 Å². The van der Waals surface area contributed by atoms with Crippen molar-refractivity contribution in [3.8, 4) is 17.2 Å². The number of benzene rings is 2. The zero-order chi connectivity index (χ0) is 17.8. The first-order valence-corrected chi connectivity index (χ1v) is 9.29. The zero-order valence-electron chi connectivity index (χ0n) is 14.7. The highest BCUT2D eigenvalue weighted by atomic mass is 16.6. The second-order valence-electron chi connectivity index (χ2n) is 6.95. The Morgan fingerprint density at radius 3 is 2.58 bits per heavy atom. The van der Waals surface area contributed by atoms with E-state index >= 15 is 0 Å². The molecule has 0 unspecified atom stereocenters. The van der Waals surface area contributed by atoms with Gasteiger partial charge in [-0.25, -0.2) is 0 Å².